The van der Waals surface area contributed by atoms with Crippen LogP contribution in [0.4, 0.5) is 0 Å². The highest BCUT2D eigenvalue weighted by molar-refractivity contribution is 7.10. The molecule has 2 aromatic heterocycles. The number of H-pyrrole nitrogens is 1. The van der Waals surface area contributed by atoms with Crippen molar-refractivity contribution < 1.29 is 5.11 Å². The zero-order chi connectivity index (χ0) is 9.97. The molecule has 0 amide bonds. The second kappa shape index (κ2) is 4.08. The molecule has 74 valence electrons. The minimum atomic E-state index is -0.673. The summed E-state index contributed by atoms with van der Waals surface area (Å²) < 4.78 is 0. The summed E-state index contributed by atoms with van der Waals surface area (Å²) in [6.07, 6.45) is 1.16. The van der Waals surface area contributed by atoms with Crippen LogP contribution >= 0.6 is 22.9 Å². The lowest BCUT2D eigenvalue weighted by molar-refractivity contribution is 0.170. The van der Waals surface area contributed by atoms with E-state index in [1.807, 2.05) is 11.4 Å². The standard InChI is InChI=1S/C8H8ClN3OS/c9-5-1-2-14-7(5)3-6(13)8-10-4-11-12-8/h1-2,4,6,13H,3H2,(H,10,11,12). The lowest BCUT2D eigenvalue weighted by Gasteiger charge is -2.05. The summed E-state index contributed by atoms with van der Waals surface area (Å²) in [5.41, 5.74) is 0. The molecule has 0 aliphatic heterocycles. The molecule has 2 aromatic rings. The molecule has 0 spiro atoms. The Labute approximate surface area is 89.6 Å². The fraction of sp³-hybridized carbons (Fsp3) is 0.250. The Morgan fingerprint density at radius 2 is 2.50 bits per heavy atom. The fourth-order valence-electron chi connectivity index (χ4n) is 1.12. The van der Waals surface area contributed by atoms with Gasteiger partial charge in [0.2, 0.25) is 0 Å². The van der Waals surface area contributed by atoms with E-state index in [1.165, 1.54) is 17.7 Å². The van der Waals surface area contributed by atoms with Crippen LogP contribution < -0.4 is 0 Å². The highest BCUT2D eigenvalue weighted by Crippen LogP contribution is 2.26. The van der Waals surface area contributed by atoms with E-state index in [4.69, 9.17) is 11.6 Å². The van der Waals surface area contributed by atoms with E-state index >= 15 is 0 Å². The average Bonchev–Trinajstić information content (AvgIpc) is 2.77. The predicted molar refractivity (Wildman–Crippen MR) is 54.4 cm³/mol. The highest BCUT2D eigenvalue weighted by atomic mass is 35.5. The molecule has 6 heteroatoms. The molecular formula is C8H8ClN3OS. The Bertz CT molecular complexity index is 400. The van der Waals surface area contributed by atoms with Crippen molar-refractivity contribution in [2.75, 3.05) is 0 Å². The lowest BCUT2D eigenvalue weighted by Crippen LogP contribution is -2.03. The average molecular weight is 230 g/mol. The number of aromatic amines is 1. The van der Waals surface area contributed by atoms with Gasteiger partial charge in [-0.05, 0) is 11.4 Å². The molecule has 0 fully saturated rings. The van der Waals surface area contributed by atoms with E-state index in [0.29, 0.717) is 17.3 Å². The van der Waals surface area contributed by atoms with E-state index in [-0.39, 0.29) is 0 Å². The summed E-state index contributed by atoms with van der Waals surface area (Å²) in [4.78, 5) is 4.83. The fourth-order valence-corrected chi connectivity index (χ4v) is 2.27. The van der Waals surface area contributed by atoms with Crippen LogP contribution in [0.15, 0.2) is 17.8 Å². The van der Waals surface area contributed by atoms with Crippen LogP contribution in [0.5, 0.6) is 0 Å². The number of halogens is 1. The van der Waals surface area contributed by atoms with Gasteiger partial charge in [-0.3, -0.25) is 5.10 Å². The zero-order valence-electron chi connectivity index (χ0n) is 7.14. The molecule has 0 aromatic carbocycles. The van der Waals surface area contributed by atoms with E-state index < -0.39 is 6.10 Å². The van der Waals surface area contributed by atoms with Crippen LogP contribution in [-0.2, 0) is 6.42 Å². The maximum absolute atomic E-state index is 9.72. The van der Waals surface area contributed by atoms with Crippen LogP contribution in [0.1, 0.15) is 16.8 Å². The highest BCUT2D eigenvalue weighted by Gasteiger charge is 2.13. The molecule has 0 bridgehead atoms. The van der Waals surface area contributed by atoms with Gasteiger partial charge in [-0.25, -0.2) is 4.98 Å². The van der Waals surface area contributed by atoms with Gasteiger partial charge in [0.15, 0.2) is 5.82 Å². The Morgan fingerprint density at radius 1 is 1.64 bits per heavy atom. The number of aliphatic hydroxyl groups is 1. The van der Waals surface area contributed by atoms with Crippen molar-refractivity contribution in [1.82, 2.24) is 15.2 Å². The summed E-state index contributed by atoms with van der Waals surface area (Å²) >= 11 is 7.42. The topological polar surface area (TPSA) is 61.8 Å². The number of nitrogens with zero attached hydrogens (tertiary/aromatic N) is 2. The maximum Gasteiger partial charge on any atom is 0.153 e. The van der Waals surface area contributed by atoms with Crippen LogP contribution in [0.25, 0.3) is 0 Å². The quantitative estimate of drug-likeness (QED) is 0.844. The van der Waals surface area contributed by atoms with Gasteiger partial charge < -0.3 is 5.11 Å². The normalized spacial score (nSPS) is 13.0. The zero-order valence-corrected chi connectivity index (χ0v) is 8.72. The second-order valence-electron chi connectivity index (χ2n) is 2.78. The Hall–Kier alpha value is -0.910. The molecule has 2 heterocycles. The first-order valence-electron chi connectivity index (χ1n) is 4.02. The number of aliphatic hydroxyl groups excluding tert-OH is 1. The SMILES string of the molecule is OC(Cc1sccc1Cl)c1ncn[nH]1. The van der Waals surface area contributed by atoms with Crippen molar-refractivity contribution in [2.45, 2.75) is 12.5 Å². The van der Waals surface area contributed by atoms with Gasteiger partial charge in [0.1, 0.15) is 12.4 Å². The first-order valence-corrected chi connectivity index (χ1v) is 5.28. The summed E-state index contributed by atoms with van der Waals surface area (Å²) in [6.45, 7) is 0. The van der Waals surface area contributed by atoms with Crippen molar-refractivity contribution in [2.24, 2.45) is 0 Å². The summed E-state index contributed by atoms with van der Waals surface area (Å²) in [5, 5.41) is 18.6. The van der Waals surface area contributed by atoms with Gasteiger partial charge in [-0.2, -0.15) is 5.10 Å². The van der Waals surface area contributed by atoms with Crippen molar-refractivity contribution in [3.8, 4) is 0 Å². The summed E-state index contributed by atoms with van der Waals surface area (Å²) in [7, 11) is 0. The third kappa shape index (κ3) is 1.95. The molecule has 14 heavy (non-hydrogen) atoms. The van der Waals surface area contributed by atoms with E-state index in [2.05, 4.69) is 15.2 Å². The van der Waals surface area contributed by atoms with E-state index in [9.17, 15) is 5.11 Å². The molecule has 2 N–H and O–H groups in total. The van der Waals surface area contributed by atoms with E-state index in [1.54, 1.807) is 0 Å². The van der Waals surface area contributed by atoms with Crippen LogP contribution in [0.2, 0.25) is 5.02 Å². The summed E-state index contributed by atoms with van der Waals surface area (Å²) in [6, 6.07) is 1.81. The first-order chi connectivity index (χ1) is 6.77. The molecule has 1 atom stereocenters. The molecular weight excluding hydrogens is 222 g/mol. The maximum atomic E-state index is 9.72. The van der Waals surface area contributed by atoms with Crippen molar-refractivity contribution >= 4 is 22.9 Å². The van der Waals surface area contributed by atoms with Crippen molar-refractivity contribution in [1.29, 1.82) is 0 Å². The lowest BCUT2D eigenvalue weighted by atomic mass is 10.2. The third-order valence-electron chi connectivity index (χ3n) is 1.82. The molecule has 0 radical (unpaired) electrons. The molecule has 2 rings (SSSR count). The smallest absolute Gasteiger partial charge is 0.153 e. The van der Waals surface area contributed by atoms with Gasteiger partial charge in [-0.15, -0.1) is 11.3 Å². The van der Waals surface area contributed by atoms with Gasteiger partial charge in [-0.1, -0.05) is 11.6 Å². The number of hydrogen-bond donors (Lipinski definition) is 2. The van der Waals surface area contributed by atoms with Crippen LogP contribution in [0, 0.1) is 0 Å². The Kier molecular flexibility index (Phi) is 2.81. The predicted octanol–water partition coefficient (Wildman–Crippen LogP) is 1.80. The van der Waals surface area contributed by atoms with E-state index in [0.717, 1.165) is 4.88 Å². The number of hydrogen-bond acceptors (Lipinski definition) is 4. The first kappa shape index (κ1) is 9.64. The minimum Gasteiger partial charge on any atom is -0.385 e. The molecule has 4 nitrogen and oxygen atoms in total. The van der Waals surface area contributed by atoms with Crippen LogP contribution in [0.3, 0.4) is 0 Å². The number of aromatic nitrogens is 3. The van der Waals surface area contributed by atoms with Gasteiger partial charge >= 0.3 is 0 Å². The number of rotatable bonds is 3. The van der Waals surface area contributed by atoms with Gasteiger partial charge in [0.05, 0.1) is 5.02 Å². The molecule has 0 aliphatic rings. The third-order valence-corrected chi connectivity index (χ3v) is 3.23. The summed E-state index contributed by atoms with van der Waals surface area (Å²) in [5.74, 6) is 0.467. The van der Waals surface area contributed by atoms with Crippen LogP contribution in [-0.4, -0.2) is 20.3 Å². The number of nitrogens with one attached hydrogen (secondary N) is 1. The molecule has 0 saturated carbocycles. The minimum absolute atomic E-state index is 0.464. The molecule has 0 aliphatic carbocycles. The van der Waals surface area contributed by atoms with Crippen molar-refractivity contribution in [3.05, 3.63) is 33.5 Å². The number of thiophene rings is 1. The van der Waals surface area contributed by atoms with Gasteiger partial charge in [0.25, 0.3) is 0 Å². The molecule has 0 saturated heterocycles. The molecule has 1 unspecified atom stereocenters. The Balaban J connectivity index is 2.09. The largest absolute Gasteiger partial charge is 0.385 e. The van der Waals surface area contributed by atoms with Gasteiger partial charge in [0, 0.05) is 11.3 Å². The monoisotopic (exact) mass is 229 g/mol. The second-order valence-corrected chi connectivity index (χ2v) is 4.19. The van der Waals surface area contributed by atoms with Crippen molar-refractivity contribution in [3.63, 3.8) is 0 Å². The Morgan fingerprint density at radius 3 is 3.07 bits per heavy atom.